The molecule has 0 saturated carbocycles. The van der Waals surface area contributed by atoms with Crippen molar-refractivity contribution in [3.05, 3.63) is 78.4 Å². The number of methoxy groups -OCH3 is 1. The lowest BCUT2D eigenvalue weighted by Gasteiger charge is -2.44. The number of carbonyl (C=O) groups excluding carboxylic acids is 4. The molecule has 4 heterocycles. The molecular weight excluding hydrogens is 842 g/mol. The molecule has 0 spiro atoms. The largest absolute Gasteiger partial charge is 0.573 e. The van der Waals surface area contributed by atoms with Crippen molar-refractivity contribution >= 4 is 60.3 Å². The second-order valence-electron chi connectivity index (χ2n) is 15.0. The molecule has 330 valence electrons. The fraction of sp³-hybridized carbons (Fsp3) is 0.415. The molecule has 15 nitrogen and oxygen atoms in total. The molecule has 5 amide bonds. The minimum atomic E-state index is -5.01. The van der Waals surface area contributed by atoms with Gasteiger partial charge < -0.3 is 45.1 Å². The van der Waals surface area contributed by atoms with Crippen molar-refractivity contribution in [3.8, 4) is 28.1 Å². The number of aromatic nitrogens is 3. The number of imidazole rings is 1. The number of nitrogens with zero attached hydrogens (tertiary/aromatic N) is 5. The second kappa shape index (κ2) is 20.2. The summed E-state index contributed by atoms with van der Waals surface area (Å²) in [6.07, 6.45) is -1.25. The van der Waals surface area contributed by atoms with Crippen LogP contribution in [0.5, 0.6) is 5.75 Å². The summed E-state index contributed by atoms with van der Waals surface area (Å²) in [5.41, 5.74) is 2.18. The van der Waals surface area contributed by atoms with Crippen LogP contribution in [0.1, 0.15) is 62.8 Å². The molecule has 2 aliphatic rings. The van der Waals surface area contributed by atoms with E-state index < -0.39 is 30.2 Å². The van der Waals surface area contributed by atoms with E-state index in [9.17, 15) is 32.3 Å². The first-order chi connectivity index (χ1) is 28.1. The van der Waals surface area contributed by atoms with Gasteiger partial charge in [0.15, 0.2) is 0 Å². The maximum atomic E-state index is 13.7. The summed E-state index contributed by atoms with van der Waals surface area (Å²) in [6, 6.07) is 12.7. The third-order valence-electron chi connectivity index (χ3n) is 10.6. The Bertz CT molecular complexity index is 2160. The molecule has 61 heavy (non-hydrogen) atoms. The third-order valence-corrected chi connectivity index (χ3v) is 10.6. The Morgan fingerprint density at radius 2 is 1.61 bits per heavy atom. The standard InChI is InChI=1S/C41H48F3N9O6.2ClH/c1-23(2)35(50-40(57)58-6)38(55)51-17-7-8-32(51)36-47-20-31(49-36)27-11-9-26(10-12-27)30-15-14-29(18-33(30)59-41(42,43)44)48-37(54)28-13-16-34(46-19-28)52-21-25(4)53(22-24(52)3)39(56)45-5;;/h9-16,18-20,23-25,32,35H,7-8,17,21-22H2,1-6H3,(H,45,56)(H,47,49)(H,48,54)(H,50,57);2*1H/t24?,25-,32-,35?;;/m0../s1. The number of piperazine rings is 1. The molecule has 4 aromatic rings. The zero-order valence-electron chi connectivity index (χ0n) is 34.4. The predicted molar refractivity (Wildman–Crippen MR) is 228 cm³/mol. The number of carbonyl (C=O) groups is 4. The highest BCUT2D eigenvalue weighted by Crippen LogP contribution is 2.38. The summed E-state index contributed by atoms with van der Waals surface area (Å²) in [4.78, 5) is 68.8. The summed E-state index contributed by atoms with van der Waals surface area (Å²) >= 11 is 0. The molecule has 0 radical (unpaired) electrons. The number of hydrogen-bond acceptors (Lipinski definition) is 9. The van der Waals surface area contributed by atoms with E-state index in [0.717, 1.165) is 12.5 Å². The van der Waals surface area contributed by atoms with Crippen LogP contribution in [0.2, 0.25) is 0 Å². The summed E-state index contributed by atoms with van der Waals surface area (Å²) in [6.45, 7) is 9.12. The van der Waals surface area contributed by atoms with Crippen LogP contribution in [0.15, 0.2) is 67.0 Å². The number of nitrogens with one attached hydrogen (secondary N) is 4. The minimum Gasteiger partial charge on any atom is -0.453 e. The van der Waals surface area contributed by atoms with Crippen LogP contribution in [0, 0.1) is 5.92 Å². The molecule has 2 saturated heterocycles. The Morgan fingerprint density at radius 1 is 0.902 bits per heavy atom. The molecule has 4 atom stereocenters. The van der Waals surface area contributed by atoms with E-state index >= 15 is 0 Å². The summed E-state index contributed by atoms with van der Waals surface area (Å²) < 4.78 is 50.1. The number of pyridine rings is 1. The van der Waals surface area contributed by atoms with Crippen LogP contribution >= 0.6 is 24.8 Å². The van der Waals surface area contributed by atoms with Gasteiger partial charge in [0.25, 0.3) is 5.91 Å². The molecule has 0 aliphatic carbocycles. The highest BCUT2D eigenvalue weighted by Gasteiger charge is 2.38. The Labute approximate surface area is 364 Å². The molecule has 2 unspecified atom stereocenters. The van der Waals surface area contributed by atoms with Gasteiger partial charge in [-0.3, -0.25) is 9.59 Å². The molecular formula is C41H50Cl2F3N9O6. The van der Waals surface area contributed by atoms with E-state index in [2.05, 4.69) is 40.5 Å². The maximum Gasteiger partial charge on any atom is 0.573 e. The number of hydrogen-bond donors (Lipinski definition) is 4. The number of urea groups is 1. The Morgan fingerprint density at radius 3 is 2.23 bits per heavy atom. The van der Waals surface area contributed by atoms with Gasteiger partial charge in [0.2, 0.25) is 5.91 Å². The number of amides is 5. The lowest BCUT2D eigenvalue weighted by molar-refractivity contribution is -0.274. The molecule has 2 aliphatic heterocycles. The first kappa shape index (κ1) is 47.9. The Hall–Kier alpha value is -5.75. The van der Waals surface area contributed by atoms with Crippen LogP contribution in [0.3, 0.4) is 0 Å². The van der Waals surface area contributed by atoms with E-state index in [0.29, 0.717) is 54.5 Å². The van der Waals surface area contributed by atoms with Gasteiger partial charge in [-0.05, 0) is 68.0 Å². The van der Waals surface area contributed by atoms with Crippen LogP contribution in [0.4, 0.5) is 34.3 Å². The van der Waals surface area contributed by atoms with Gasteiger partial charge in [0.05, 0.1) is 30.6 Å². The highest BCUT2D eigenvalue weighted by molar-refractivity contribution is 6.04. The number of H-pyrrole nitrogens is 1. The van der Waals surface area contributed by atoms with Gasteiger partial charge in [-0.25, -0.2) is 19.6 Å². The van der Waals surface area contributed by atoms with Gasteiger partial charge in [-0.15, -0.1) is 38.0 Å². The number of benzene rings is 2. The van der Waals surface area contributed by atoms with Crippen molar-refractivity contribution in [3.63, 3.8) is 0 Å². The number of rotatable bonds is 10. The van der Waals surface area contributed by atoms with Crippen LogP contribution in [-0.2, 0) is 9.53 Å². The zero-order chi connectivity index (χ0) is 42.6. The monoisotopic (exact) mass is 891 g/mol. The molecule has 2 aromatic heterocycles. The summed E-state index contributed by atoms with van der Waals surface area (Å²) in [5.74, 6) is -0.308. The molecule has 2 aromatic carbocycles. The first-order valence-electron chi connectivity index (χ1n) is 19.3. The normalized spacial score (nSPS) is 18.1. The number of aromatic amines is 1. The Balaban J connectivity index is 0.00000410. The van der Waals surface area contributed by atoms with E-state index in [-0.39, 0.29) is 77.6 Å². The third kappa shape index (κ3) is 11.2. The number of alkyl carbamates (subject to hydrolysis) is 1. The predicted octanol–water partition coefficient (Wildman–Crippen LogP) is 7.42. The number of alkyl halides is 3. The lowest BCUT2D eigenvalue weighted by Crippen LogP contribution is -2.60. The molecule has 2 fully saturated rings. The van der Waals surface area contributed by atoms with Crippen molar-refractivity contribution < 1.29 is 41.8 Å². The topological polar surface area (TPSA) is 174 Å². The molecule has 0 bridgehead atoms. The second-order valence-corrected chi connectivity index (χ2v) is 15.0. The Kier molecular flexibility index (Phi) is 15.9. The average Bonchev–Trinajstić information content (AvgIpc) is 3.90. The van der Waals surface area contributed by atoms with Gasteiger partial charge in [-0.1, -0.05) is 38.1 Å². The highest BCUT2D eigenvalue weighted by atomic mass is 35.5. The van der Waals surface area contributed by atoms with E-state index in [4.69, 9.17) is 4.74 Å². The molecule has 4 N–H and O–H groups in total. The van der Waals surface area contributed by atoms with Gasteiger partial charge in [-0.2, -0.15) is 0 Å². The summed E-state index contributed by atoms with van der Waals surface area (Å²) in [5, 5.41) is 7.93. The van der Waals surface area contributed by atoms with Gasteiger partial charge >= 0.3 is 18.5 Å². The van der Waals surface area contributed by atoms with Crippen molar-refractivity contribution in [2.45, 2.75) is 71.1 Å². The van der Waals surface area contributed by atoms with Crippen molar-refractivity contribution in [1.82, 2.24) is 35.4 Å². The fourth-order valence-electron chi connectivity index (χ4n) is 7.49. The van der Waals surface area contributed by atoms with E-state index in [1.54, 1.807) is 59.4 Å². The van der Waals surface area contributed by atoms with Crippen molar-refractivity contribution in [2.75, 3.05) is 44.0 Å². The molecule has 6 rings (SSSR count). The van der Waals surface area contributed by atoms with Crippen molar-refractivity contribution in [2.24, 2.45) is 5.92 Å². The fourth-order valence-corrected chi connectivity index (χ4v) is 7.49. The van der Waals surface area contributed by atoms with E-state index in [1.165, 1.54) is 25.4 Å². The van der Waals surface area contributed by atoms with Gasteiger partial charge in [0, 0.05) is 62.3 Å². The van der Waals surface area contributed by atoms with E-state index in [1.807, 2.05) is 27.7 Å². The first-order valence-corrected chi connectivity index (χ1v) is 19.3. The SMILES string of the molecule is CNC(=O)N1CC(C)N(c2ccc(C(=O)Nc3ccc(-c4ccc(-c5cnc([C@@H]6CCCN6C(=O)C(NC(=O)OC)C(C)C)[nH]5)cc4)c(OC(F)(F)F)c3)cn2)C[C@@H]1C.Cl.Cl. The number of halogens is 5. The number of ether oxygens (including phenoxy) is 2. The van der Waals surface area contributed by atoms with Crippen molar-refractivity contribution in [1.29, 1.82) is 0 Å². The number of likely N-dealkylation sites (tertiary alicyclic amines) is 1. The molecule has 20 heteroatoms. The van der Waals surface area contributed by atoms with Crippen LogP contribution in [0.25, 0.3) is 22.4 Å². The van der Waals surface area contributed by atoms with Crippen LogP contribution < -0.4 is 25.6 Å². The zero-order valence-corrected chi connectivity index (χ0v) is 36.0. The number of anilines is 2. The smallest absolute Gasteiger partial charge is 0.453 e. The summed E-state index contributed by atoms with van der Waals surface area (Å²) in [7, 11) is 2.83. The van der Waals surface area contributed by atoms with Crippen LogP contribution in [-0.4, -0.2) is 107 Å². The quantitative estimate of drug-likeness (QED) is 0.126. The minimum absolute atomic E-state index is 0. The average molecular weight is 893 g/mol. The maximum absolute atomic E-state index is 13.7. The van der Waals surface area contributed by atoms with Gasteiger partial charge in [0.1, 0.15) is 23.4 Å². The lowest BCUT2D eigenvalue weighted by atomic mass is 10.0.